The van der Waals surface area contributed by atoms with Crippen LogP contribution in [-0.4, -0.2) is 38.5 Å². The van der Waals surface area contributed by atoms with E-state index in [2.05, 4.69) is 0 Å². The summed E-state index contributed by atoms with van der Waals surface area (Å²) in [5.74, 6) is -0.549. The molecule has 0 amide bonds. The lowest BCUT2D eigenvalue weighted by Gasteiger charge is -2.31. The van der Waals surface area contributed by atoms with Crippen LogP contribution in [0.15, 0.2) is 23.1 Å². The van der Waals surface area contributed by atoms with Crippen molar-refractivity contribution in [3.05, 3.63) is 24.0 Å². The largest absolute Gasteiger partial charge is 0.398 e. The van der Waals surface area contributed by atoms with Crippen LogP contribution in [0.4, 0.5) is 10.1 Å². The third-order valence-electron chi connectivity index (χ3n) is 3.33. The van der Waals surface area contributed by atoms with Crippen LogP contribution in [-0.2, 0) is 14.8 Å². The summed E-state index contributed by atoms with van der Waals surface area (Å²) in [6.07, 6.45) is 1.49. The van der Waals surface area contributed by atoms with Crippen LogP contribution in [0, 0.1) is 5.82 Å². The Labute approximate surface area is 118 Å². The Morgan fingerprint density at radius 3 is 2.90 bits per heavy atom. The Bertz CT molecular complexity index is 575. The maximum absolute atomic E-state index is 13.0. The topological polar surface area (TPSA) is 72.6 Å². The summed E-state index contributed by atoms with van der Waals surface area (Å²) in [5, 5.41) is 0. The number of halogens is 1. The van der Waals surface area contributed by atoms with Crippen molar-refractivity contribution in [1.29, 1.82) is 0 Å². The molecule has 1 heterocycles. The Morgan fingerprint density at radius 2 is 2.25 bits per heavy atom. The van der Waals surface area contributed by atoms with Crippen molar-refractivity contribution in [2.45, 2.75) is 30.8 Å². The first-order valence-electron chi connectivity index (χ1n) is 6.62. The average molecular weight is 302 g/mol. The number of rotatable bonds is 4. The molecule has 1 fully saturated rings. The molecule has 112 valence electrons. The fourth-order valence-corrected chi connectivity index (χ4v) is 4.00. The Kier molecular flexibility index (Phi) is 4.62. The summed E-state index contributed by atoms with van der Waals surface area (Å²) in [6, 6.07) is 3.34. The van der Waals surface area contributed by atoms with Crippen LogP contribution >= 0.6 is 0 Å². The zero-order chi connectivity index (χ0) is 14.8. The fourth-order valence-electron chi connectivity index (χ4n) is 2.39. The number of nitrogen functional groups attached to an aromatic ring is 1. The minimum absolute atomic E-state index is 0.0453. The molecular formula is C13H19FN2O3S. The molecule has 0 bridgehead atoms. The molecule has 0 radical (unpaired) electrons. The smallest absolute Gasteiger partial charge is 0.245 e. The molecule has 0 saturated carbocycles. The molecule has 1 saturated heterocycles. The average Bonchev–Trinajstić information content (AvgIpc) is 2.39. The van der Waals surface area contributed by atoms with E-state index in [0.717, 1.165) is 25.0 Å². The van der Waals surface area contributed by atoms with Crippen LogP contribution in [0.5, 0.6) is 0 Å². The molecule has 0 spiro atoms. The van der Waals surface area contributed by atoms with Crippen LogP contribution in [0.1, 0.15) is 19.8 Å². The first-order valence-corrected chi connectivity index (χ1v) is 8.06. The van der Waals surface area contributed by atoms with Crippen molar-refractivity contribution in [3.8, 4) is 0 Å². The number of nitrogens with zero attached hydrogens (tertiary/aromatic N) is 1. The second-order valence-corrected chi connectivity index (χ2v) is 6.67. The van der Waals surface area contributed by atoms with Crippen molar-refractivity contribution in [2.24, 2.45) is 0 Å². The summed E-state index contributed by atoms with van der Waals surface area (Å²) < 4.78 is 45.0. The monoisotopic (exact) mass is 302 g/mol. The molecule has 1 aromatic rings. The number of hydrogen-bond acceptors (Lipinski definition) is 4. The molecule has 1 unspecified atom stereocenters. The predicted octanol–water partition coefficient (Wildman–Crippen LogP) is 1.60. The highest BCUT2D eigenvalue weighted by Crippen LogP contribution is 2.26. The third kappa shape index (κ3) is 3.11. The summed E-state index contributed by atoms with van der Waals surface area (Å²) in [5.41, 5.74) is 5.56. The number of sulfonamides is 1. The predicted molar refractivity (Wildman–Crippen MR) is 74.2 cm³/mol. The van der Waals surface area contributed by atoms with Gasteiger partial charge in [0.2, 0.25) is 10.0 Å². The van der Waals surface area contributed by atoms with E-state index in [9.17, 15) is 12.8 Å². The lowest BCUT2D eigenvalue weighted by molar-refractivity contribution is 0.0265. The van der Waals surface area contributed by atoms with Gasteiger partial charge in [-0.05, 0) is 38.0 Å². The van der Waals surface area contributed by atoms with E-state index in [1.807, 2.05) is 6.92 Å². The van der Waals surface area contributed by atoms with Crippen LogP contribution in [0.2, 0.25) is 0 Å². The zero-order valence-electron chi connectivity index (χ0n) is 11.4. The van der Waals surface area contributed by atoms with Crippen molar-refractivity contribution in [1.82, 2.24) is 4.31 Å². The summed E-state index contributed by atoms with van der Waals surface area (Å²) >= 11 is 0. The standard InChI is InChI=1S/C13H19FN2O3S/c1-2-19-11-4-3-7-16(9-11)20(17,18)13-6-5-10(14)8-12(13)15/h5-6,8,11H,2-4,7,9,15H2,1H3. The molecule has 20 heavy (non-hydrogen) atoms. The summed E-state index contributed by atoms with van der Waals surface area (Å²) in [7, 11) is -3.70. The number of hydrogen-bond donors (Lipinski definition) is 1. The minimum Gasteiger partial charge on any atom is -0.398 e. The molecule has 2 rings (SSSR count). The number of ether oxygens (including phenoxy) is 1. The minimum atomic E-state index is -3.70. The molecular weight excluding hydrogens is 283 g/mol. The van der Waals surface area contributed by atoms with Gasteiger partial charge >= 0.3 is 0 Å². The van der Waals surface area contributed by atoms with Crippen molar-refractivity contribution in [3.63, 3.8) is 0 Å². The summed E-state index contributed by atoms with van der Waals surface area (Å²) in [4.78, 5) is -0.0453. The number of benzene rings is 1. The molecule has 0 aliphatic carbocycles. The molecule has 0 aromatic heterocycles. The highest BCUT2D eigenvalue weighted by molar-refractivity contribution is 7.89. The number of anilines is 1. The second kappa shape index (κ2) is 6.07. The van der Waals surface area contributed by atoms with Gasteiger partial charge in [-0.3, -0.25) is 0 Å². The zero-order valence-corrected chi connectivity index (χ0v) is 12.2. The van der Waals surface area contributed by atoms with Gasteiger partial charge in [0, 0.05) is 19.7 Å². The maximum atomic E-state index is 13.0. The molecule has 5 nitrogen and oxygen atoms in total. The van der Waals surface area contributed by atoms with E-state index in [1.54, 1.807) is 0 Å². The Morgan fingerprint density at radius 1 is 1.50 bits per heavy atom. The van der Waals surface area contributed by atoms with Gasteiger partial charge < -0.3 is 10.5 Å². The van der Waals surface area contributed by atoms with Gasteiger partial charge in [0.15, 0.2) is 0 Å². The summed E-state index contributed by atoms with van der Waals surface area (Å²) in [6.45, 7) is 3.18. The quantitative estimate of drug-likeness (QED) is 0.857. The van der Waals surface area contributed by atoms with Gasteiger partial charge in [-0.2, -0.15) is 4.31 Å². The Hall–Kier alpha value is -1.18. The van der Waals surface area contributed by atoms with Crippen LogP contribution in [0.3, 0.4) is 0 Å². The highest BCUT2D eigenvalue weighted by atomic mass is 32.2. The van der Waals surface area contributed by atoms with Crippen LogP contribution < -0.4 is 5.73 Å². The lowest BCUT2D eigenvalue weighted by atomic mass is 10.1. The Balaban J connectivity index is 2.25. The van der Waals surface area contributed by atoms with Gasteiger partial charge in [0.25, 0.3) is 0 Å². The lowest BCUT2D eigenvalue weighted by Crippen LogP contribution is -2.43. The van der Waals surface area contributed by atoms with E-state index in [0.29, 0.717) is 19.7 Å². The molecule has 2 N–H and O–H groups in total. The van der Waals surface area contributed by atoms with E-state index in [4.69, 9.17) is 10.5 Å². The van der Waals surface area contributed by atoms with Crippen LogP contribution in [0.25, 0.3) is 0 Å². The molecule has 7 heteroatoms. The van der Waals surface area contributed by atoms with E-state index >= 15 is 0 Å². The molecule has 1 aliphatic rings. The molecule has 1 aliphatic heterocycles. The molecule has 1 aromatic carbocycles. The fraction of sp³-hybridized carbons (Fsp3) is 0.538. The molecule has 1 atom stereocenters. The maximum Gasteiger partial charge on any atom is 0.245 e. The van der Waals surface area contributed by atoms with E-state index in [-0.39, 0.29) is 16.7 Å². The van der Waals surface area contributed by atoms with Gasteiger partial charge in [-0.1, -0.05) is 0 Å². The first kappa shape index (κ1) is 15.2. The SMILES string of the molecule is CCOC1CCCN(S(=O)(=O)c2ccc(F)cc2N)C1. The van der Waals surface area contributed by atoms with E-state index in [1.165, 1.54) is 10.4 Å². The number of piperidine rings is 1. The van der Waals surface area contributed by atoms with Gasteiger partial charge in [0.05, 0.1) is 11.8 Å². The van der Waals surface area contributed by atoms with Crippen molar-refractivity contribution < 1.29 is 17.5 Å². The van der Waals surface area contributed by atoms with Gasteiger partial charge in [-0.15, -0.1) is 0 Å². The normalized spacial score (nSPS) is 21.0. The van der Waals surface area contributed by atoms with Crippen molar-refractivity contribution >= 4 is 15.7 Å². The van der Waals surface area contributed by atoms with Crippen molar-refractivity contribution in [2.75, 3.05) is 25.4 Å². The highest BCUT2D eigenvalue weighted by Gasteiger charge is 2.31. The third-order valence-corrected chi connectivity index (χ3v) is 5.27. The second-order valence-electron chi connectivity index (χ2n) is 4.76. The van der Waals surface area contributed by atoms with Gasteiger partial charge in [0.1, 0.15) is 10.7 Å². The number of nitrogens with two attached hydrogens (primary N) is 1. The first-order chi connectivity index (χ1) is 9.45. The van der Waals surface area contributed by atoms with E-state index < -0.39 is 15.8 Å². The van der Waals surface area contributed by atoms with Gasteiger partial charge in [-0.25, -0.2) is 12.8 Å².